The third-order valence-corrected chi connectivity index (χ3v) is 7.03. The molecule has 1 heterocycles. The van der Waals surface area contributed by atoms with Gasteiger partial charge in [-0.15, -0.1) is 0 Å². The number of aromatic hydroxyl groups is 1. The van der Waals surface area contributed by atoms with Gasteiger partial charge in [0.15, 0.2) is 6.10 Å². The van der Waals surface area contributed by atoms with Crippen LogP contribution < -0.4 is 10.6 Å². The van der Waals surface area contributed by atoms with E-state index in [9.17, 15) is 37.8 Å². The molecule has 206 valence electrons. The van der Waals surface area contributed by atoms with Gasteiger partial charge >= 0.3 is 0 Å². The Labute approximate surface area is 218 Å². The molecule has 38 heavy (non-hydrogen) atoms. The van der Waals surface area contributed by atoms with Gasteiger partial charge in [0.1, 0.15) is 17.6 Å². The number of carbonyl (C=O) groups is 3. The van der Waals surface area contributed by atoms with E-state index in [2.05, 4.69) is 10.6 Å². The number of aliphatic hydroxyl groups is 1. The average Bonchev–Trinajstić information content (AvgIpc) is 3.03. The highest BCUT2D eigenvalue weighted by Crippen LogP contribution is 2.48. The van der Waals surface area contributed by atoms with E-state index in [0.29, 0.717) is 10.5 Å². The molecule has 4 N–H and O–H groups in total. The normalized spacial score (nSPS) is 19.5. The van der Waals surface area contributed by atoms with Crippen molar-refractivity contribution >= 4 is 17.7 Å². The van der Waals surface area contributed by atoms with Crippen molar-refractivity contribution in [3.63, 3.8) is 0 Å². The smallest absolute Gasteiger partial charge is 0.272 e. The van der Waals surface area contributed by atoms with Crippen LogP contribution in [0, 0.1) is 18.2 Å². The number of aliphatic hydroxyl groups excluding tert-OH is 1. The zero-order valence-corrected chi connectivity index (χ0v) is 21.6. The summed E-state index contributed by atoms with van der Waals surface area (Å²) >= 11 is 0. The molecule has 2 aromatic carbocycles. The third-order valence-electron chi connectivity index (χ3n) is 7.03. The van der Waals surface area contributed by atoms with Gasteiger partial charge in [-0.2, -0.15) is 0 Å². The fourth-order valence-electron chi connectivity index (χ4n) is 4.66. The molecule has 3 rings (SSSR count). The van der Waals surface area contributed by atoms with E-state index in [1.54, 1.807) is 6.92 Å². The number of phenolic OH excluding ortho intramolecular Hbond substituents is 1. The number of hydrogen-bond acceptors (Lipinski definition) is 5. The average molecular weight is 536 g/mol. The number of rotatable bonds is 8. The van der Waals surface area contributed by atoms with Crippen LogP contribution in [0.25, 0.3) is 0 Å². The first-order valence-corrected chi connectivity index (χ1v) is 12.2. The highest BCUT2D eigenvalue weighted by Gasteiger charge is 2.64. The number of likely N-dealkylation sites (N-methyl/N-ethyl adjacent to an activating group) is 1. The molecule has 1 aliphatic rings. The highest BCUT2D eigenvalue weighted by molar-refractivity contribution is 5.97. The summed E-state index contributed by atoms with van der Waals surface area (Å²) in [6.45, 7) is 4.48. The second-order valence-corrected chi connectivity index (χ2v) is 10.00. The van der Waals surface area contributed by atoms with E-state index >= 15 is 0 Å². The number of phenols is 1. The molecule has 1 aliphatic heterocycles. The quantitative estimate of drug-likeness (QED) is 0.414. The molecule has 0 aromatic heterocycles. The van der Waals surface area contributed by atoms with E-state index in [1.807, 2.05) is 0 Å². The lowest BCUT2D eigenvalue weighted by Crippen LogP contribution is -2.57. The van der Waals surface area contributed by atoms with Crippen molar-refractivity contribution in [1.29, 1.82) is 0 Å². The number of nitrogens with zero attached hydrogens (tertiary/aromatic N) is 1. The summed E-state index contributed by atoms with van der Waals surface area (Å²) in [5.74, 6) is -6.91. The van der Waals surface area contributed by atoms with E-state index in [0.717, 1.165) is 6.07 Å². The van der Waals surface area contributed by atoms with Gasteiger partial charge in [-0.05, 0) is 50.1 Å². The second kappa shape index (κ2) is 11.0. The maximum Gasteiger partial charge on any atom is 0.272 e. The number of benzene rings is 2. The van der Waals surface area contributed by atoms with Gasteiger partial charge in [-0.25, -0.2) is 13.2 Å². The second-order valence-electron chi connectivity index (χ2n) is 10.00. The lowest BCUT2D eigenvalue weighted by Gasteiger charge is -2.34. The van der Waals surface area contributed by atoms with Gasteiger partial charge in [-0.3, -0.25) is 14.4 Å². The first kappa shape index (κ1) is 29.0. The maximum atomic E-state index is 15.0. The van der Waals surface area contributed by atoms with Crippen molar-refractivity contribution in [3.8, 4) is 5.75 Å². The molecule has 3 amide bonds. The summed E-state index contributed by atoms with van der Waals surface area (Å²) in [6, 6.07) is 6.55. The van der Waals surface area contributed by atoms with Gasteiger partial charge in [-0.1, -0.05) is 32.0 Å². The standard InChI is InChI=1S/C27H32F3N3O5/c1-5-31-24(37)22-26(3,4)27(29,30)14-33(22)25(38)21(35)19(13-16-8-6-9-17(28)12-16)32-23(36)18-10-7-11-20(34)15(18)2/h6-12,19,21-22,34-35H,5,13-14H2,1-4H3,(H,31,37)(H,32,36)/t19-,21-,22+/m0/s1. The summed E-state index contributed by atoms with van der Waals surface area (Å²) in [4.78, 5) is 40.0. The predicted octanol–water partition coefficient (Wildman–Crippen LogP) is 2.55. The van der Waals surface area contributed by atoms with Crippen LogP contribution in [0.15, 0.2) is 42.5 Å². The molecule has 11 heteroatoms. The highest BCUT2D eigenvalue weighted by atomic mass is 19.3. The number of carbonyl (C=O) groups excluding carboxylic acids is 3. The largest absolute Gasteiger partial charge is 0.508 e. The Bertz CT molecular complexity index is 1220. The van der Waals surface area contributed by atoms with Crippen molar-refractivity contribution in [2.45, 2.75) is 58.2 Å². The number of nitrogens with one attached hydrogen (secondary N) is 2. The van der Waals surface area contributed by atoms with Crippen LogP contribution in [0.5, 0.6) is 5.75 Å². The molecule has 0 unspecified atom stereocenters. The van der Waals surface area contributed by atoms with E-state index < -0.39 is 59.6 Å². The summed E-state index contributed by atoms with van der Waals surface area (Å²) < 4.78 is 43.8. The van der Waals surface area contributed by atoms with Crippen molar-refractivity contribution < 1.29 is 37.8 Å². The van der Waals surface area contributed by atoms with Crippen molar-refractivity contribution in [2.24, 2.45) is 5.41 Å². The minimum atomic E-state index is -3.45. The zero-order valence-electron chi connectivity index (χ0n) is 21.6. The zero-order chi connectivity index (χ0) is 28.4. The summed E-state index contributed by atoms with van der Waals surface area (Å²) in [5.41, 5.74) is -1.32. The van der Waals surface area contributed by atoms with Crippen LogP contribution in [0.2, 0.25) is 0 Å². The Morgan fingerprint density at radius 3 is 2.45 bits per heavy atom. The van der Waals surface area contributed by atoms with Crippen LogP contribution in [-0.4, -0.2) is 70.0 Å². The maximum absolute atomic E-state index is 15.0. The van der Waals surface area contributed by atoms with Crippen LogP contribution >= 0.6 is 0 Å². The summed E-state index contributed by atoms with van der Waals surface area (Å²) in [6.07, 6.45) is -2.28. The number of likely N-dealkylation sites (tertiary alicyclic amines) is 1. The van der Waals surface area contributed by atoms with E-state index in [-0.39, 0.29) is 29.8 Å². The molecule has 0 spiro atoms. The van der Waals surface area contributed by atoms with Crippen LogP contribution in [0.1, 0.15) is 42.3 Å². The van der Waals surface area contributed by atoms with Crippen LogP contribution in [-0.2, 0) is 16.0 Å². The van der Waals surface area contributed by atoms with Gasteiger partial charge in [0, 0.05) is 17.7 Å². The molecule has 0 aliphatic carbocycles. The van der Waals surface area contributed by atoms with Crippen LogP contribution in [0.3, 0.4) is 0 Å². The lowest BCUT2D eigenvalue weighted by atomic mass is 9.81. The van der Waals surface area contributed by atoms with Gasteiger partial charge in [0.05, 0.1) is 18.0 Å². The number of hydrogen-bond donors (Lipinski definition) is 4. The minimum Gasteiger partial charge on any atom is -0.508 e. The first-order chi connectivity index (χ1) is 17.7. The molecule has 8 nitrogen and oxygen atoms in total. The molecular formula is C27H32F3N3O5. The molecule has 0 bridgehead atoms. The predicted molar refractivity (Wildman–Crippen MR) is 133 cm³/mol. The van der Waals surface area contributed by atoms with E-state index in [1.165, 1.54) is 57.2 Å². The van der Waals surface area contributed by atoms with Crippen molar-refractivity contribution in [3.05, 3.63) is 65.0 Å². The Balaban J connectivity index is 1.97. The Kier molecular flexibility index (Phi) is 8.40. The number of halogens is 3. The first-order valence-electron chi connectivity index (χ1n) is 12.2. The minimum absolute atomic E-state index is 0.0583. The SMILES string of the molecule is CCNC(=O)[C@H]1N(C(=O)[C@@H](O)[C@H](Cc2cccc(F)c2)NC(=O)c2cccc(O)c2C)CC(F)(F)C1(C)C. The fraction of sp³-hybridized carbons (Fsp3) is 0.444. The number of alkyl halides is 2. The Morgan fingerprint density at radius 1 is 1.16 bits per heavy atom. The lowest BCUT2D eigenvalue weighted by molar-refractivity contribution is -0.148. The molecular weight excluding hydrogens is 503 g/mol. The molecule has 1 fully saturated rings. The molecule has 1 saturated heterocycles. The summed E-state index contributed by atoms with van der Waals surface area (Å²) in [5, 5.41) is 26.1. The van der Waals surface area contributed by atoms with Crippen LogP contribution in [0.4, 0.5) is 13.2 Å². The summed E-state index contributed by atoms with van der Waals surface area (Å²) in [7, 11) is 0. The fourth-order valence-corrected chi connectivity index (χ4v) is 4.66. The molecule has 0 saturated carbocycles. The van der Waals surface area contributed by atoms with Gasteiger partial charge in [0.25, 0.3) is 17.7 Å². The third kappa shape index (κ3) is 5.62. The van der Waals surface area contributed by atoms with Crippen molar-refractivity contribution in [2.75, 3.05) is 13.1 Å². The monoisotopic (exact) mass is 535 g/mol. The Hall–Kier alpha value is -3.60. The van der Waals surface area contributed by atoms with Gasteiger partial charge in [0.2, 0.25) is 5.91 Å². The number of amides is 3. The Morgan fingerprint density at radius 2 is 1.82 bits per heavy atom. The molecule has 3 atom stereocenters. The molecule has 0 radical (unpaired) electrons. The van der Waals surface area contributed by atoms with E-state index in [4.69, 9.17) is 0 Å². The molecule has 2 aromatic rings. The topological polar surface area (TPSA) is 119 Å². The van der Waals surface area contributed by atoms with Gasteiger partial charge < -0.3 is 25.7 Å². The van der Waals surface area contributed by atoms with Crippen molar-refractivity contribution in [1.82, 2.24) is 15.5 Å².